The molecule has 1 fully saturated rings. The van der Waals surface area contributed by atoms with E-state index < -0.39 is 21.7 Å². The van der Waals surface area contributed by atoms with Gasteiger partial charge in [0.1, 0.15) is 11.1 Å². The van der Waals surface area contributed by atoms with E-state index in [1.807, 2.05) is 6.92 Å². The van der Waals surface area contributed by atoms with Crippen LogP contribution in [0.5, 0.6) is 0 Å². The fourth-order valence-electron chi connectivity index (χ4n) is 7.07. The summed E-state index contributed by atoms with van der Waals surface area (Å²) in [4.78, 5) is 40.3. The molecule has 0 bridgehead atoms. The molecule has 1 aliphatic carbocycles. The van der Waals surface area contributed by atoms with E-state index in [-0.39, 0.29) is 46.0 Å². The number of aryl methyl sites for hydroxylation is 1. The lowest BCUT2D eigenvalue weighted by Gasteiger charge is -2.35. The van der Waals surface area contributed by atoms with Crippen molar-refractivity contribution in [2.45, 2.75) is 57.0 Å². The first-order valence-corrected chi connectivity index (χ1v) is 18.4. The van der Waals surface area contributed by atoms with Gasteiger partial charge in [-0.25, -0.2) is 27.2 Å². The second-order valence-corrected chi connectivity index (χ2v) is 16.0. The first-order valence-electron chi connectivity index (χ1n) is 17.0. The SMILES string of the molecule is Cc1ccc(S(=O)(=O)n2ccc3nc(N(CC(=O)[C@@H]4CCCN(CC5c6ccccc6-c6ccccc65)C4)C(=O)OC(C)(C)C)cnc32)cc1. The van der Waals surface area contributed by atoms with Gasteiger partial charge in [0.2, 0.25) is 0 Å². The Hall–Kier alpha value is -4.87. The zero-order valence-corrected chi connectivity index (χ0v) is 29.6. The number of nitrogens with zero attached hydrogens (tertiary/aromatic N) is 5. The number of hydrogen-bond donors (Lipinski definition) is 0. The highest BCUT2D eigenvalue weighted by molar-refractivity contribution is 7.90. The van der Waals surface area contributed by atoms with Crippen molar-refractivity contribution in [3.63, 3.8) is 0 Å². The fourth-order valence-corrected chi connectivity index (χ4v) is 8.36. The molecule has 11 heteroatoms. The first-order chi connectivity index (χ1) is 23.9. The highest BCUT2D eigenvalue weighted by atomic mass is 32.2. The Balaban J connectivity index is 1.12. The molecule has 1 amide bonds. The Labute approximate surface area is 292 Å². The van der Waals surface area contributed by atoms with E-state index in [0.717, 1.165) is 35.5 Å². The van der Waals surface area contributed by atoms with Gasteiger partial charge in [0.15, 0.2) is 17.2 Å². The van der Waals surface area contributed by atoms with Gasteiger partial charge < -0.3 is 9.64 Å². The van der Waals surface area contributed by atoms with Crippen molar-refractivity contribution in [2.24, 2.45) is 5.92 Å². The van der Waals surface area contributed by atoms with Crippen molar-refractivity contribution in [2.75, 3.05) is 31.1 Å². The summed E-state index contributed by atoms with van der Waals surface area (Å²) in [5.41, 5.74) is 5.66. The third-order valence-corrected chi connectivity index (χ3v) is 11.2. The Bertz CT molecular complexity index is 2140. The molecule has 50 heavy (non-hydrogen) atoms. The van der Waals surface area contributed by atoms with E-state index >= 15 is 0 Å². The molecule has 7 rings (SSSR count). The largest absolute Gasteiger partial charge is 0.443 e. The third kappa shape index (κ3) is 6.55. The van der Waals surface area contributed by atoms with Crippen LogP contribution in [0.4, 0.5) is 10.6 Å². The fraction of sp³-hybridized carbons (Fsp3) is 0.333. The van der Waals surface area contributed by atoms with Crippen molar-refractivity contribution < 1.29 is 22.7 Å². The molecule has 0 radical (unpaired) electrons. The zero-order valence-electron chi connectivity index (χ0n) is 28.7. The molecule has 1 aliphatic heterocycles. The van der Waals surface area contributed by atoms with Crippen LogP contribution in [-0.2, 0) is 19.6 Å². The maximum Gasteiger partial charge on any atom is 0.416 e. The highest BCUT2D eigenvalue weighted by Gasteiger charge is 2.35. The molecule has 258 valence electrons. The highest BCUT2D eigenvalue weighted by Crippen LogP contribution is 2.45. The minimum atomic E-state index is -3.94. The lowest BCUT2D eigenvalue weighted by Crippen LogP contribution is -2.46. The molecule has 1 saturated heterocycles. The number of likely N-dealkylation sites (tertiary alicyclic amines) is 1. The molecule has 0 saturated carbocycles. The average Bonchev–Trinajstić information content (AvgIpc) is 3.66. The zero-order chi connectivity index (χ0) is 35.2. The van der Waals surface area contributed by atoms with Gasteiger partial charge in [-0.05, 0) is 87.5 Å². The summed E-state index contributed by atoms with van der Waals surface area (Å²) < 4.78 is 33.7. The van der Waals surface area contributed by atoms with Crippen LogP contribution < -0.4 is 4.90 Å². The number of carbonyl (C=O) groups excluding carboxylic acids is 2. The number of rotatable bonds is 8. The Morgan fingerprint density at radius 2 is 1.60 bits per heavy atom. The van der Waals surface area contributed by atoms with Gasteiger partial charge in [0, 0.05) is 31.1 Å². The van der Waals surface area contributed by atoms with Crippen molar-refractivity contribution in [1.82, 2.24) is 18.8 Å². The molecule has 2 aromatic heterocycles. The number of carbonyl (C=O) groups is 2. The summed E-state index contributed by atoms with van der Waals surface area (Å²) in [6, 6.07) is 25.2. The van der Waals surface area contributed by atoms with Crippen molar-refractivity contribution in [1.29, 1.82) is 0 Å². The van der Waals surface area contributed by atoms with Crippen LogP contribution in [0.1, 0.15) is 56.2 Å². The summed E-state index contributed by atoms with van der Waals surface area (Å²) >= 11 is 0. The standard InChI is InChI=1S/C39H41N5O5S/c1-26-15-17-28(18-16-26)50(47,48)44-21-19-34-37(44)40-22-36(41-34)43(38(46)49-39(2,3)4)25-35(45)27-10-9-20-42(23-27)24-33-31-13-7-5-11-29(31)30-12-6-8-14-32(30)33/h5-8,11-19,21-22,27,33H,9-10,20,23-25H2,1-4H3/t27-/m1/s1. The second kappa shape index (κ2) is 13.1. The van der Waals surface area contributed by atoms with Crippen molar-refractivity contribution in [3.05, 3.63) is 108 Å². The maximum absolute atomic E-state index is 14.0. The summed E-state index contributed by atoms with van der Waals surface area (Å²) in [7, 11) is -3.94. The van der Waals surface area contributed by atoms with Crippen LogP contribution in [0.2, 0.25) is 0 Å². The Morgan fingerprint density at radius 1 is 0.940 bits per heavy atom. The number of Topliss-reactive ketones (excluding diaryl/α,β-unsaturated/α-hetero) is 1. The molecule has 0 N–H and O–H groups in total. The molecular weight excluding hydrogens is 651 g/mol. The van der Waals surface area contributed by atoms with E-state index in [0.29, 0.717) is 6.54 Å². The smallest absolute Gasteiger partial charge is 0.416 e. The number of anilines is 1. The van der Waals surface area contributed by atoms with Gasteiger partial charge in [-0.1, -0.05) is 66.2 Å². The molecular formula is C39H41N5O5S. The molecule has 5 aromatic rings. The van der Waals surface area contributed by atoms with Crippen molar-refractivity contribution >= 4 is 38.9 Å². The van der Waals surface area contributed by atoms with E-state index in [4.69, 9.17) is 4.74 Å². The lowest BCUT2D eigenvalue weighted by molar-refractivity contribution is -0.123. The molecule has 0 unspecified atom stereocenters. The van der Waals surface area contributed by atoms with Gasteiger partial charge in [0.05, 0.1) is 17.6 Å². The van der Waals surface area contributed by atoms with E-state index in [9.17, 15) is 18.0 Å². The number of benzene rings is 3. The normalized spacial score (nSPS) is 16.6. The lowest BCUT2D eigenvalue weighted by atomic mass is 9.91. The monoisotopic (exact) mass is 691 g/mol. The molecule has 3 heterocycles. The van der Waals surface area contributed by atoms with Crippen LogP contribution >= 0.6 is 0 Å². The number of aromatic nitrogens is 3. The number of amides is 1. The van der Waals surface area contributed by atoms with Gasteiger partial charge in [0.25, 0.3) is 10.0 Å². The number of hydrogen-bond acceptors (Lipinski definition) is 8. The predicted molar refractivity (Wildman–Crippen MR) is 193 cm³/mol. The molecule has 10 nitrogen and oxygen atoms in total. The van der Waals surface area contributed by atoms with E-state index in [2.05, 4.69) is 63.4 Å². The first kappa shape index (κ1) is 33.6. The van der Waals surface area contributed by atoms with Gasteiger partial charge >= 0.3 is 6.09 Å². The second-order valence-electron chi connectivity index (χ2n) is 14.2. The van der Waals surface area contributed by atoms with Gasteiger partial charge in [-0.3, -0.25) is 9.69 Å². The number of fused-ring (bicyclic) bond motifs is 4. The summed E-state index contributed by atoms with van der Waals surface area (Å²) in [5, 5.41) is 0. The molecule has 2 aliphatic rings. The molecule has 3 aromatic carbocycles. The van der Waals surface area contributed by atoms with E-state index in [1.54, 1.807) is 45.0 Å². The van der Waals surface area contributed by atoms with Crippen LogP contribution in [-0.4, -0.2) is 70.9 Å². The van der Waals surface area contributed by atoms with Crippen molar-refractivity contribution in [3.8, 4) is 11.1 Å². The minimum Gasteiger partial charge on any atom is -0.443 e. The number of piperidine rings is 1. The van der Waals surface area contributed by atoms with Crippen LogP contribution in [0.15, 0.2) is 96.2 Å². The quantitative estimate of drug-likeness (QED) is 0.174. The predicted octanol–water partition coefficient (Wildman–Crippen LogP) is 6.81. The Kier molecular flexibility index (Phi) is 8.81. The Morgan fingerprint density at radius 3 is 2.26 bits per heavy atom. The summed E-state index contributed by atoms with van der Waals surface area (Å²) in [5.74, 6) is -0.0386. The third-order valence-electron chi connectivity index (χ3n) is 9.49. The average molecular weight is 692 g/mol. The molecule has 1 atom stereocenters. The van der Waals surface area contributed by atoms with Crippen LogP contribution in [0, 0.1) is 12.8 Å². The maximum atomic E-state index is 14.0. The van der Waals surface area contributed by atoms with E-state index in [1.165, 1.54) is 45.6 Å². The number of ether oxygens (including phenoxy) is 1. The summed E-state index contributed by atoms with van der Waals surface area (Å²) in [6.45, 7) is 9.20. The summed E-state index contributed by atoms with van der Waals surface area (Å²) in [6.07, 6.45) is 3.58. The topological polar surface area (TPSA) is 115 Å². The minimum absolute atomic E-state index is 0.0887. The van der Waals surface area contributed by atoms with Gasteiger partial charge in [-0.2, -0.15) is 0 Å². The number of ketones is 1. The molecule has 0 spiro atoms. The van der Waals surface area contributed by atoms with Crippen LogP contribution in [0.3, 0.4) is 0 Å². The van der Waals surface area contributed by atoms with Gasteiger partial charge in [-0.15, -0.1) is 0 Å². The van der Waals surface area contributed by atoms with Crippen LogP contribution in [0.25, 0.3) is 22.3 Å².